The zero-order chi connectivity index (χ0) is 13.7. The Morgan fingerprint density at radius 2 is 1.89 bits per heavy atom. The van der Waals surface area contributed by atoms with E-state index in [0.717, 1.165) is 5.56 Å². The summed E-state index contributed by atoms with van der Waals surface area (Å²) in [5, 5.41) is 0. The first-order valence-corrected chi connectivity index (χ1v) is 5.85. The topological polar surface area (TPSA) is 26.3 Å². The van der Waals surface area contributed by atoms with Gasteiger partial charge in [-0.05, 0) is 48.0 Å². The minimum Gasteiger partial charge on any atom is -0.457 e. The van der Waals surface area contributed by atoms with Crippen LogP contribution in [0.1, 0.15) is 5.56 Å². The molecule has 0 heterocycles. The lowest BCUT2D eigenvalue weighted by molar-refractivity contribution is -0.114. The highest BCUT2D eigenvalue weighted by Crippen LogP contribution is 2.22. The average Bonchev–Trinajstić information content (AvgIpc) is 2.42. The van der Waals surface area contributed by atoms with Crippen molar-refractivity contribution in [3.63, 3.8) is 0 Å². The SMILES string of the molecule is C=CC(=O)Cc1cccc(Oc2ccc(F)cc2)c1. The predicted molar refractivity (Wildman–Crippen MR) is 71.8 cm³/mol. The molecule has 0 bridgehead atoms. The summed E-state index contributed by atoms with van der Waals surface area (Å²) in [4.78, 5) is 11.3. The third-order valence-corrected chi connectivity index (χ3v) is 2.55. The minimum absolute atomic E-state index is 0.0427. The number of hydrogen-bond donors (Lipinski definition) is 0. The molecule has 2 aromatic rings. The minimum atomic E-state index is -0.308. The molecule has 0 spiro atoms. The van der Waals surface area contributed by atoms with Crippen molar-refractivity contribution >= 4 is 5.78 Å². The molecule has 0 atom stereocenters. The maximum absolute atomic E-state index is 12.8. The molecule has 0 aliphatic carbocycles. The summed E-state index contributed by atoms with van der Waals surface area (Å²) in [6, 6.07) is 13.0. The summed E-state index contributed by atoms with van der Waals surface area (Å²) in [5.41, 5.74) is 0.851. The van der Waals surface area contributed by atoms with Crippen LogP contribution in [0.5, 0.6) is 11.5 Å². The number of benzene rings is 2. The van der Waals surface area contributed by atoms with Crippen LogP contribution in [-0.4, -0.2) is 5.78 Å². The molecule has 0 saturated heterocycles. The van der Waals surface area contributed by atoms with Gasteiger partial charge in [0, 0.05) is 6.42 Å². The van der Waals surface area contributed by atoms with Crippen LogP contribution in [0.15, 0.2) is 61.2 Å². The number of halogens is 1. The van der Waals surface area contributed by atoms with Crippen LogP contribution in [0.25, 0.3) is 0 Å². The Balaban J connectivity index is 2.12. The fraction of sp³-hybridized carbons (Fsp3) is 0.0625. The Labute approximate surface area is 111 Å². The lowest BCUT2D eigenvalue weighted by Crippen LogP contribution is -1.97. The molecule has 0 saturated carbocycles. The van der Waals surface area contributed by atoms with Crippen molar-refractivity contribution < 1.29 is 13.9 Å². The van der Waals surface area contributed by atoms with Gasteiger partial charge in [-0.1, -0.05) is 18.7 Å². The molecule has 0 N–H and O–H groups in total. The van der Waals surface area contributed by atoms with Crippen LogP contribution in [0, 0.1) is 5.82 Å². The Hall–Kier alpha value is -2.42. The molecule has 19 heavy (non-hydrogen) atoms. The van der Waals surface area contributed by atoms with Crippen molar-refractivity contribution in [3.8, 4) is 11.5 Å². The van der Waals surface area contributed by atoms with Crippen LogP contribution in [0.2, 0.25) is 0 Å². The third-order valence-electron chi connectivity index (χ3n) is 2.55. The first kappa shape index (κ1) is 13.0. The summed E-state index contributed by atoms with van der Waals surface area (Å²) in [6.07, 6.45) is 1.59. The number of carbonyl (C=O) groups is 1. The first-order chi connectivity index (χ1) is 9.17. The normalized spacial score (nSPS) is 9.95. The molecule has 0 aliphatic heterocycles. The summed E-state index contributed by atoms with van der Waals surface area (Å²) in [5.74, 6) is 0.811. The number of ether oxygens (including phenoxy) is 1. The van der Waals surface area contributed by atoms with Crippen LogP contribution in [0.3, 0.4) is 0 Å². The first-order valence-electron chi connectivity index (χ1n) is 5.85. The second kappa shape index (κ2) is 5.96. The van der Waals surface area contributed by atoms with Crippen LogP contribution in [-0.2, 0) is 11.2 Å². The second-order valence-corrected chi connectivity index (χ2v) is 4.05. The van der Waals surface area contributed by atoms with Gasteiger partial charge < -0.3 is 4.74 Å². The fourth-order valence-electron chi connectivity index (χ4n) is 1.63. The predicted octanol–water partition coefficient (Wildman–Crippen LogP) is 3.92. The van der Waals surface area contributed by atoms with Crippen molar-refractivity contribution in [3.05, 3.63) is 72.6 Å². The average molecular weight is 256 g/mol. The van der Waals surface area contributed by atoms with Crippen LogP contribution >= 0.6 is 0 Å². The largest absolute Gasteiger partial charge is 0.457 e. The van der Waals surface area contributed by atoms with E-state index in [2.05, 4.69) is 6.58 Å². The maximum atomic E-state index is 12.8. The quantitative estimate of drug-likeness (QED) is 0.758. The number of hydrogen-bond acceptors (Lipinski definition) is 2. The molecule has 3 heteroatoms. The van der Waals surface area contributed by atoms with Crippen molar-refractivity contribution in [2.24, 2.45) is 0 Å². The number of carbonyl (C=O) groups excluding carboxylic acids is 1. The monoisotopic (exact) mass is 256 g/mol. The Kier molecular flexibility index (Phi) is 4.08. The zero-order valence-electron chi connectivity index (χ0n) is 10.3. The van der Waals surface area contributed by atoms with E-state index < -0.39 is 0 Å². The summed E-state index contributed by atoms with van der Waals surface area (Å²) in [6.45, 7) is 3.44. The van der Waals surface area contributed by atoms with E-state index in [1.54, 1.807) is 24.3 Å². The van der Waals surface area contributed by atoms with Crippen molar-refractivity contribution in [1.82, 2.24) is 0 Å². The Morgan fingerprint density at radius 1 is 1.16 bits per heavy atom. The van der Waals surface area contributed by atoms with Gasteiger partial charge in [0.25, 0.3) is 0 Å². The van der Waals surface area contributed by atoms with Crippen molar-refractivity contribution in [2.45, 2.75) is 6.42 Å². The van der Waals surface area contributed by atoms with Gasteiger partial charge in [-0.25, -0.2) is 4.39 Å². The van der Waals surface area contributed by atoms with Crippen LogP contribution < -0.4 is 4.74 Å². The van der Waals surface area contributed by atoms with Crippen molar-refractivity contribution in [1.29, 1.82) is 0 Å². The van der Waals surface area contributed by atoms with E-state index in [0.29, 0.717) is 17.9 Å². The van der Waals surface area contributed by atoms with Gasteiger partial charge in [-0.3, -0.25) is 4.79 Å². The zero-order valence-corrected chi connectivity index (χ0v) is 10.3. The van der Waals surface area contributed by atoms with E-state index in [1.165, 1.54) is 18.2 Å². The number of rotatable bonds is 5. The molecular formula is C16H13FO2. The van der Waals surface area contributed by atoms with E-state index in [9.17, 15) is 9.18 Å². The lowest BCUT2D eigenvalue weighted by atomic mass is 10.1. The third kappa shape index (κ3) is 3.78. The van der Waals surface area contributed by atoms with E-state index in [-0.39, 0.29) is 11.6 Å². The Bertz CT molecular complexity index is 588. The standard InChI is InChI=1S/C16H13FO2/c1-2-14(18)10-12-4-3-5-16(11-12)19-15-8-6-13(17)7-9-15/h2-9,11H,1,10H2. The maximum Gasteiger partial charge on any atom is 0.159 e. The van der Waals surface area contributed by atoms with Gasteiger partial charge in [-0.2, -0.15) is 0 Å². The molecule has 2 aromatic carbocycles. The molecule has 0 radical (unpaired) electrons. The van der Waals surface area contributed by atoms with E-state index in [4.69, 9.17) is 4.74 Å². The van der Waals surface area contributed by atoms with Gasteiger partial charge in [-0.15, -0.1) is 0 Å². The molecule has 0 amide bonds. The van der Waals surface area contributed by atoms with Gasteiger partial charge in [0.15, 0.2) is 5.78 Å². The second-order valence-electron chi connectivity index (χ2n) is 4.05. The molecule has 0 fully saturated rings. The summed E-state index contributed by atoms with van der Waals surface area (Å²) in [7, 11) is 0. The smallest absolute Gasteiger partial charge is 0.159 e. The summed E-state index contributed by atoms with van der Waals surface area (Å²) < 4.78 is 18.4. The number of ketones is 1. The van der Waals surface area contributed by atoms with Gasteiger partial charge in [0.2, 0.25) is 0 Å². The van der Waals surface area contributed by atoms with Crippen LogP contribution in [0.4, 0.5) is 4.39 Å². The van der Waals surface area contributed by atoms with E-state index >= 15 is 0 Å². The number of allylic oxidation sites excluding steroid dienone is 1. The molecule has 96 valence electrons. The highest BCUT2D eigenvalue weighted by molar-refractivity contribution is 5.90. The highest BCUT2D eigenvalue weighted by atomic mass is 19.1. The molecule has 0 aromatic heterocycles. The molecule has 0 unspecified atom stereocenters. The van der Waals surface area contributed by atoms with Gasteiger partial charge in [0.1, 0.15) is 17.3 Å². The van der Waals surface area contributed by atoms with Gasteiger partial charge in [0.05, 0.1) is 0 Å². The van der Waals surface area contributed by atoms with Gasteiger partial charge >= 0.3 is 0 Å². The fourth-order valence-corrected chi connectivity index (χ4v) is 1.63. The van der Waals surface area contributed by atoms with Crippen molar-refractivity contribution in [2.75, 3.05) is 0 Å². The molecule has 2 rings (SSSR count). The van der Waals surface area contributed by atoms with E-state index in [1.807, 2.05) is 12.1 Å². The lowest BCUT2D eigenvalue weighted by Gasteiger charge is -2.07. The molecule has 0 aliphatic rings. The Morgan fingerprint density at radius 3 is 2.58 bits per heavy atom. The molecule has 2 nitrogen and oxygen atoms in total. The molecular weight excluding hydrogens is 243 g/mol. The highest BCUT2D eigenvalue weighted by Gasteiger charge is 2.02. The summed E-state index contributed by atoms with van der Waals surface area (Å²) >= 11 is 0.